The van der Waals surface area contributed by atoms with Gasteiger partial charge >= 0.3 is 5.97 Å². The molecule has 0 aromatic carbocycles. The quantitative estimate of drug-likeness (QED) is 0.881. The van der Waals surface area contributed by atoms with Crippen LogP contribution in [0.15, 0.2) is 24.4 Å². The van der Waals surface area contributed by atoms with Crippen LogP contribution in [0.1, 0.15) is 33.5 Å². The first-order valence-corrected chi connectivity index (χ1v) is 6.06. The van der Waals surface area contributed by atoms with Crippen LogP contribution in [-0.2, 0) is 6.54 Å². The van der Waals surface area contributed by atoms with Gasteiger partial charge in [0.25, 0.3) is 5.91 Å². The molecule has 0 aliphatic rings. The van der Waals surface area contributed by atoms with E-state index in [0.717, 1.165) is 5.69 Å². The van der Waals surface area contributed by atoms with Gasteiger partial charge in [-0.15, -0.1) is 0 Å². The van der Waals surface area contributed by atoms with Gasteiger partial charge in [-0.2, -0.15) is 5.10 Å². The fourth-order valence-electron chi connectivity index (χ4n) is 1.74. The molecule has 7 nitrogen and oxygen atoms in total. The first-order valence-electron chi connectivity index (χ1n) is 6.06. The molecule has 0 fully saturated rings. The first kappa shape index (κ1) is 13.7. The lowest BCUT2D eigenvalue weighted by Crippen LogP contribution is -2.18. The molecular formula is C13H14N4O3. The minimum atomic E-state index is -1.06. The molecule has 0 spiro atoms. The number of hydrogen-bond acceptors (Lipinski definition) is 4. The number of amides is 1. The Hall–Kier alpha value is -2.70. The maximum absolute atomic E-state index is 12.1. The highest BCUT2D eigenvalue weighted by molar-refractivity contribution is 6.02. The standard InChI is InChI=1S/C13H14N4O3/c1-3-17-10(6-8(2)16-17)12(18)15-11-5-4-9(7-14-11)13(19)20/h4-7H,3H2,1-2H3,(H,19,20)(H,14,15,18). The second-order valence-electron chi connectivity index (χ2n) is 4.18. The molecule has 20 heavy (non-hydrogen) atoms. The third kappa shape index (κ3) is 2.82. The molecule has 2 aromatic rings. The Balaban J connectivity index is 2.16. The van der Waals surface area contributed by atoms with E-state index in [4.69, 9.17) is 5.11 Å². The summed E-state index contributed by atoms with van der Waals surface area (Å²) < 4.78 is 1.59. The number of carbonyl (C=O) groups excluding carboxylic acids is 1. The number of anilines is 1. The van der Waals surface area contributed by atoms with Crippen LogP contribution in [0.25, 0.3) is 0 Å². The monoisotopic (exact) mass is 274 g/mol. The molecule has 2 aromatic heterocycles. The molecule has 0 saturated carbocycles. The van der Waals surface area contributed by atoms with Crippen molar-refractivity contribution in [3.8, 4) is 0 Å². The van der Waals surface area contributed by atoms with Gasteiger partial charge in [0.15, 0.2) is 0 Å². The molecule has 0 bridgehead atoms. The normalized spacial score (nSPS) is 10.3. The average Bonchev–Trinajstić information content (AvgIpc) is 2.80. The van der Waals surface area contributed by atoms with E-state index in [9.17, 15) is 9.59 Å². The highest BCUT2D eigenvalue weighted by Crippen LogP contribution is 2.09. The minimum absolute atomic E-state index is 0.0671. The third-order valence-corrected chi connectivity index (χ3v) is 2.69. The van der Waals surface area contributed by atoms with Crippen molar-refractivity contribution in [1.29, 1.82) is 0 Å². The summed E-state index contributed by atoms with van der Waals surface area (Å²) in [6.45, 7) is 4.29. The summed E-state index contributed by atoms with van der Waals surface area (Å²) in [4.78, 5) is 26.7. The average molecular weight is 274 g/mol. The van der Waals surface area contributed by atoms with Crippen LogP contribution >= 0.6 is 0 Å². The van der Waals surface area contributed by atoms with Crippen molar-refractivity contribution < 1.29 is 14.7 Å². The Bertz CT molecular complexity index is 646. The van der Waals surface area contributed by atoms with Crippen molar-refractivity contribution in [2.45, 2.75) is 20.4 Å². The van der Waals surface area contributed by atoms with E-state index in [1.54, 1.807) is 10.7 Å². The highest BCUT2D eigenvalue weighted by atomic mass is 16.4. The summed E-state index contributed by atoms with van der Waals surface area (Å²) in [5, 5.41) is 15.6. The number of carboxylic acid groups (broad SMARTS) is 1. The first-order chi connectivity index (χ1) is 9.51. The van der Waals surface area contributed by atoms with Gasteiger partial charge in [0, 0.05) is 12.7 Å². The van der Waals surface area contributed by atoms with Gasteiger partial charge in [-0.05, 0) is 32.0 Å². The van der Waals surface area contributed by atoms with Crippen molar-refractivity contribution in [2.24, 2.45) is 0 Å². The van der Waals surface area contributed by atoms with E-state index in [1.165, 1.54) is 18.3 Å². The van der Waals surface area contributed by atoms with Crippen molar-refractivity contribution in [1.82, 2.24) is 14.8 Å². The van der Waals surface area contributed by atoms with Gasteiger partial charge in [0.1, 0.15) is 11.5 Å². The van der Waals surface area contributed by atoms with Gasteiger partial charge < -0.3 is 10.4 Å². The number of rotatable bonds is 4. The maximum Gasteiger partial charge on any atom is 0.337 e. The number of nitrogens with one attached hydrogen (secondary N) is 1. The van der Waals surface area contributed by atoms with E-state index in [2.05, 4.69) is 15.4 Å². The number of aromatic nitrogens is 3. The van der Waals surface area contributed by atoms with Crippen LogP contribution in [0, 0.1) is 6.92 Å². The molecule has 104 valence electrons. The van der Waals surface area contributed by atoms with Crippen LogP contribution < -0.4 is 5.32 Å². The second-order valence-corrected chi connectivity index (χ2v) is 4.18. The lowest BCUT2D eigenvalue weighted by atomic mass is 10.3. The predicted molar refractivity (Wildman–Crippen MR) is 71.8 cm³/mol. The van der Waals surface area contributed by atoms with Crippen LogP contribution in [0.3, 0.4) is 0 Å². The molecule has 0 saturated heterocycles. The van der Waals surface area contributed by atoms with Crippen LogP contribution in [0.4, 0.5) is 5.82 Å². The Kier molecular flexibility index (Phi) is 3.79. The summed E-state index contributed by atoms with van der Waals surface area (Å²) in [6.07, 6.45) is 1.19. The van der Waals surface area contributed by atoms with Crippen LogP contribution in [0.2, 0.25) is 0 Å². The van der Waals surface area contributed by atoms with Gasteiger partial charge in [-0.25, -0.2) is 9.78 Å². The van der Waals surface area contributed by atoms with Crippen molar-refractivity contribution in [2.75, 3.05) is 5.32 Å². The van der Waals surface area contributed by atoms with E-state index < -0.39 is 5.97 Å². The van der Waals surface area contributed by atoms with Gasteiger partial charge in [-0.1, -0.05) is 0 Å². The maximum atomic E-state index is 12.1. The summed E-state index contributed by atoms with van der Waals surface area (Å²) in [6, 6.07) is 4.51. The van der Waals surface area contributed by atoms with Crippen molar-refractivity contribution in [3.05, 3.63) is 41.3 Å². The summed E-state index contributed by atoms with van der Waals surface area (Å²) in [7, 11) is 0. The van der Waals surface area contributed by atoms with Crippen molar-refractivity contribution >= 4 is 17.7 Å². The molecule has 7 heteroatoms. The van der Waals surface area contributed by atoms with Crippen LogP contribution in [-0.4, -0.2) is 31.7 Å². The van der Waals surface area contributed by atoms with Gasteiger partial charge in [-0.3, -0.25) is 9.48 Å². The number of pyridine rings is 1. The minimum Gasteiger partial charge on any atom is -0.478 e. The molecule has 2 heterocycles. The molecule has 2 rings (SSSR count). The molecule has 0 radical (unpaired) electrons. The zero-order valence-corrected chi connectivity index (χ0v) is 11.1. The number of nitrogens with zero attached hydrogens (tertiary/aromatic N) is 3. The molecule has 0 unspecified atom stereocenters. The smallest absolute Gasteiger partial charge is 0.337 e. The van der Waals surface area contributed by atoms with E-state index >= 15 is 0 Å². The predicted octanol–water partition coefficient (Wildman–Crippen LogP) is 1.56. The Morgan fingerprint density at radius 1 is 1.40 bits per heavy atom. The van der Waals surface area contributed by atoms with E-state index in [1.807, 2.05) is 13.8 Å². The Morgan fingerprint density at radius 3 is 2.70 bits per heavy atom. The largest absolute Gasteiger partial charge is 0.478 e. The summed E-state index contributed by atoms with van der Waals surface area (Å²) in [5.74, 6) is -1.10. The molecule has 0 aliphatic heterocycles. The van der Waals surface area contributed by atoms with E-state index in [-0.39, 0.29) is 11.5 Å². The topological polar surface area (TPSA) is 97.1 Å². The van der Waals surface area contributed by atoms with Gasteiger partial charge in [0.2, 0.25) is 0 Å². The molecular weight excluding hydrogens is 260 g/mol. The second kappa shape index (κ2) is 5.52. The molecule has 0 aliphatic carbocycles. The molecule has 2 N–H and O–H groups in total. The van der Waals surface area contributed by atoms with Crippen LogP contribution in [0.5, 0.6) is 0 Å². The Labute approximate surface area is 115 Å². The highest BCUT2D eigenvalue weighted by Gasteiger charge is 2.14. The number of hydrogen-bond donors (Lipinski definition) is 2. The number of aromatic carboxylic acids is 1. The fourth-order valence-corrected chi connectivity index (χ4v) is 1.74. The fraction of sp³-hybridized carbons (Fsp3) is 0.231. The lowest BCUT2D eigenvalue weighted by molar-refractivity contribution is 0.0696. The molecule has 1 amide bonds. The molecule has 0 atom stereocenters. The SMILES string of the molecule is CCn1nc(C)cc1C(=O)Nc1ccc(C(=O)O)cn1. The summed E-state index contributed by atoms with van der Waals surface area (Å²) in [5.41, 5.74) is 1.26. The Morgan fingerprint density at radius 2 is 2.15 bits per heavy atom. The number of aryl methyl sites for hydroxylation is 2. The third-order valence-electron chi connectivity index (χ3n) is 2.69. The zero-order chi connectivity index (χ0) is 14.7. The van der Waals surface area contributed by atoms with Crippen molar-refractivity contribution in [3.63, 3.8) is 0 Å². The number of carbonyl (C=O) groups is 2. The lowest BCUT2D eigenvalue weighted by Gasteiger charge is -2.06. The van der Waals surface area contributed by atoms with E-state index in [0.29, 0.717) is 18.1 Å². The summed E-state index contributed by atoms with van der Waals surface area (Å²) >= 11 is 0. The number of carboxylic acids is 1. The zero-order valence-electron chi connectivity index (χ0n) is 11.1. The van der Waals surface area contributed by atoms with Gasteiger partial charge in [0.05, 0.1) is 11.3 Å².